The maximum absolute atomic E-state index is 10.4. The zero-order valence-corrected chi connectivity index (χ0v) is 10.3. The van der Waals surface area contributed by atoms with Crippen molar-refractivity contribution >= 4 is 0 Å². The van der Waals surface area contributed by atoms with Gasteiger partial charge in [0, 0.05) is 6.61 Å². The molecule has 0 aromatic heterocycles. The van der Waals surface area contributed by atoms with Gasteiger partial charge in [0.1, 0.15) is 0 Å². The molecule has 2 heteroatoms. The Hall–Kier alpha value is -0.0800. The fourth-order valence-electron chi connectivity index (χ4n) is 2.61. The maximum atomic E-state index is 10.4. The summed E-state index contributed by atoms with van der Waals surface area (Å²) in [6.07, 6.45) is 8.78. The first-order valence-corrected chi connectivity index (χ1v) is 6.54. The van der Waals surface area contributed by atoms with Crippen molar-refractivity contribution in [2.75, 3.05) is 6.61 Å². The summed E-state index contributed by atoms with van der Waals surface area (Å²) in [5, 5.41) is 10.4. The number of hydrogen-bond donors (Lipinski definition) is 1. The van der Waals surface area contributed by atoms with E-state index >= 15 is 0 Å². The molecule has 0 aromatic rings. The minimum Gasteiger partial charge on any atom is -0.390 e. The predicted molar refractivity (Wildman–Crippen MR) is 63.0 cm³/mol. The van der Waals surface area contributed by atoms with E-state index in [9.17, 15) is 5.11 Å². The lowest BCUT2D eigenvalue weighted by molar-refractivity contribution is -0.00443. The van der Waals surface area contributed by atoms with Gasteiger partial charge in [-0.3, -0.25) is 0 Å². The minimum atomic E-state index is -0.421. The first-order chi connectivity index (χ1) is 7.20. The van der Waals surface area contributed by atoms with Crippen molar-refractivity contribution < 1.29 is 9.84 Å². The molecular weight excluding hydrogens is 188 g/mol. The standard InChI is InChI=1S/C13H26O2/c1-3-8-13(14,9-4-2)10-7-12-6-5-11-15-12/h12,14H,3-11H2,1-2H3. The summed E-state index contributed by atoms with van der Waals surface area (Å²) in [6.45, 7) is 5.21. The third-order valence-electron chi connectivity index (χ3n) is 3.39. The first kappa shape index (κ1) is 13.0. The van der Waals surface area contributed by atoms with Crippen LogP contribution in [0, 0.1) is 0 Å². The molecular formula is C13H26O2. The quantitative estimate of drug-likeness (QED) is 0.704. The molecule has 0 bridgehead atoms. The van der Waals surface area contributed by atoms with Crippen molar-refractivity contribution in [2.24, 2.45) is 0 Å². The molecule has 90 valence electrons. The van der Waals surface area contributed by atoms with Crippen LogP contribution in [0.5, 0.6) is 0 Å². The van der Waals surface area contributed by atoms with Crippen LogP contribution in [0.25, 0.3) is 0 Å². The molecule has 1 aliphatic heterocycles. The van der Waals surface area contributed by atoms with Gasteiger partial charge in [0.15, 0.2) is 0 Å². The Labute approximate surface area is 94.0 Å². The second-order valence-electron chi connectivity index (χ2n) is 4.90. The molecule has 0 aromatic carbocycles. The summed E-state index contributed by atoms with van der Waals surface area (Å²) in [6, 6.07) is 0. The van der Waals surface area contributed by atoms with Gasteiger partial charge in [0.25, 0.3) is 0 Å². The molecule has 0 saturated carbocycles. The van der Waals surface area contributed by atoms with Gasteiger partial charge in [-0.05, 0) is 38.5 Å². The SMILES string of the molecule is CCCC(O)(CCC)CCC1CCCO1. The number of rotatable bonds is 7. The van der Waals surface area contributed by atoms with E-state index in [4.69, 9.17) is 4.74 Å². The van der Waals surface area contributed by atoms with Crippen LogP contribution in [0.4, 0.5) is 0 Å². The minimum absolute atomic E-state index is 0.421. The van der Waals surface area contributed by atoms with E-state index in [-0.39, 0.29) is 0 Å². The number of hydrogen-bond acceptors (Lipinski definition) is 2. The van der Waals surface area contributed by atoms with Crippen LogP contribution in [0.15, 0.2) is 0 Å². The Bertz CT molecular complexity index is 156. The number of aliphatic hydroxyl groups is 1. The summed E-state index contributed by atoms with van der Waals surface area (Å²) in [5.74, 6) is 0. The zero-order chi connectivity index (χ0) is 11.1. The van der Waals surface area contributed by atoms with Gasteiger partial charge >= 0.3 is 0 Å². The van der Waals surface area contributed by atoms with E-state index in [0.717, 1.165) is 45.1 Å². The second kappa shape index (κ2) is 6.49. The monoisotopic (exact) mass is 214 g/mol. The molecule has 1 heterocycles. The molecule has 0 spiro atoms. The van der Waals surface area contributed by atoms with Crippen LogP contribution >= 0.6 is 0 Å². The highest BCUT2D eigenvalue weighted by molar-refractivity contribution is 4.79. The topological polar surface area (TPSA) is 29.5 Å². The largest absolute Gasteiger partial charge is 0.390 e. The molecule has 1 N–H and O–H groups in total. The van der Waals surface area contributed by atoms with E-state index in [1.165, 1.54) is 12.8 Å². The van der Waals surface area contributed by atoms with Crippen molar-refractivity contribution in [2.45, 2.75) is 76.9 Å². The van der Waals surface area contributed by atoms with Crippen molar-refractivity contribution in [1.82, 2.24) is 0 Å². The average molecular weight is 214 g/mol. The van der Waals surface area contributed by atoms with Crippen LogP contribution in [0.3, 0.4) is 0 Å². The van der Waals surface area contributed by atoms with Crippen LogP contribution < -0.4 is 0 Å². The maximum Gasteiger partial charge on any atom is 0.0648 e. The Balaban J connectivity index is 2.29. The lowest BCUT2D eigenvalue weighted by Crippen LogP contribution is -2.29. The smallest absolute Gasteiger partial charge is 0.0648 e. The predicted octanol–water partition coefficient (Wildman–Crippen LogP) is 3.28. The molecule has 1 atom stereocenters. The van der Waals surface area contributed by atoms with E-state index in [1.807, 2.05) is 0 Å². The summed E-state index contributed by atoms with van der Waals surface area (Å²) < 4.78 is 5.59. The Morgan fingerprint density at radius 2 is 1.87 bits per heavy atom. The molecule has 0 amide bonds. The van der Waals surface area contributed by atoms with Crippen LogP contribution in [0.2, 0.25) is 0 Å². The lowest BCUT2D eigenvalue weighted by Gasteiger charge is -2.28. The van der Waals surface area contributed by atoms with Crippen molar-refractivity contribution in [3.8, 4) is 0 Å². The molecule has 2 nitrogen and oxygen atoms in total. The van der Waals surface area contributed by atoms with Gasteiger partial charge in [-0.15, -0.1) is 0 Å². The average Bonchev–Trinajstić information content (AvgIpc) is 2.68. The third-order valence-corrected chi connectivity index (χ3v) is 3.39. The van der Waals surface area contributed by atoms with Crippen LogP contribution in [0.1, 0.15) is 65.2 Å². The van der Waals surface area contributed by atoms with Gasteiger partial charge in [0.2, 0.25) is 0 Å². The third kappa shape index (κ3) is 4.52. The highest BCUT2D eigenvalue weighted by Gasteiger charge is 2.27. The molecule has 1 unspecified atom stereocenters. The van der Waals surface area contributed by atoms with E-state index in [2.05, 4.69) is 13.8 Å². The fourth-order valence-corrected chi connectivity index (χ4v) is 2.61. The Morgan fingerprint density at radius 1 is 1.20 bits per heavy atom. The van der Waals surface area contributed by atoms with E-state index in [1.54, 1.807) is 0 Å². The molecule has 0 aliphatic carbocycles. The van der Waals surface area contributed by atoms with Gasteiger partial charge in [-0.2, -0.15) is 0 Å². The highest BCUT2D eigenvalue weighted by Crippen LogP contribution is 2.28. The molecule has 15 heavy (non-hydrogen) atoms. The molecule has 1 aliphatic rings. The van der Waals surface area contributed by atoms with Gasteiger partial charge in [0.05, 0.1) is 11.7 Å². The van der Waals surface area contributed by atoms with Gasteiger partial charge in [-0.1, -0.05) is 26.7 Å². The molecule has 1 fully saturated rings. The summed E-state index contributed by atoms with van der Waals surface area (Å²) in [5.41, 5.74) is -0.421. The normalized spacial score (nSPS) is 22.2. The van der Waals surface area contributed by atoms with E-state index in [0.29, 0.717) is 6.10 Å². The highest BCUT2D eigenvalue weighted by atomic mass is 16.5. The van der Waals surface area contributed by atoms with Gasteiger partial charge in [-0.25, -0.2) is 0 Å². The fraction of sp³-hybridized carbons (Fsp3) is 1.00. The van der Waals surface area contributed by atoms with Crippen molar-refractivity contribution in [1.29, 1.82) is 0 Å². The summed E-state index contributed by atoms with van der Waals surface area (Å²) in [7, 11) is 0. The first-order valence-electron chi connectivity index (χ1n) is 6.54. The van der Waals surface area contributed by atoms with Crippen molar-refractivity contribution in [3.63, 3.8) is 0 Å². The zero-order valence-electron chi connectivity index (χ0n) is 10.3. The molecule has 1 rings (SSSR count). The number of ether oxygens (including phenoxy) is 1. The van der Waals surface area contributed by atoms with E-state index < -0.39 is 5.60 Å². The molecule has 1 saturated heterocycles. The van der Waals surface area contributed by atoms with Crippen molar-refractivity contribution in [3.05, 3.63) is 0 Å². The van der Waals surface area contributed by atoms with Crippen LogP contribution in [-0.4, -0.2) is 23.4 Å². The van der Waals surface area contributed by atoms with Crippen LogP contribution in [-0.2, 0) is 4.74 Å². The Morgan fingerprint density at radius 3 is 2.33 bits per heavy atom. The molecule has 0 radical (unpaired) electrons. The Kier molecular flexibility index (Phi) is 5.62. The lowest BCUT2D eigenvalue weighted by atomic mass is 9.87. The summed E-state index contributed by atoms with van der Waals surface area (Å²) >= 11 is 0. The second-order valence-corrected chi connectivity index (χ2v) is 4.90. The van der Waals surface area contributed by atoms with Gasteiger partial charge < -0.3 is 9.84 Å². The summed E-state index contributed by atoms with van der Waals surface area (Å²) in [4.78, 5) is 0.